The smallest absolute Gasteiger partial charge is 0.174 e. The molecule has 1 aromatic rings. The highest BCUT2D eigenvalue weighted by Crippen LogP contribution is 2.21. The summed E-state index contributed by atoms with van der Waals surface area (Å²) in [6.45, 7) is 2.98. The van der Waals surface area contributed by atoms with E-state index in [0.717, 1.165) is 18.7 Å². The lowest BCUT2D eigenvalue weighted by molar-refractivity contribution is 0.121. The van der Waals surface area contributed by atoms with Crippen LogP contribution >= 0.6 is 0 Å². The van der Waals surface area contributed by atoms with E-state index in [2.05, 4.69) is 12.2 Å². The lowest BCUT2D eigenvalue weighted by Gasteiger charge is -2.17. The third-order valence-corrected chi connectivity index (χ3v) is 2.89. The van der Waals surface area contributed by atoms with Gasteiger partial charge in [-0.1, -0.05) is 0 Å². The molecule has 1 aromatic carbocycles. The van der Waals surface area contributed by atoms with Crippen molar-refractivity contribution in [3.05, 3.63) is 24.3 Å². The van der Waals surface area contributed by atoms with Gasteiger partial charge in [-0.05, 0) is 37.6 Å². The van der Waals surface area contributed by atoms with Crippen molar-refractivity contribution in [3.8, 4) is 11.8 Å². The van der Waals surface area contributed by atoms with E-state index >= 15 is 0 Å². The minimum Gasteiger partial charge on any atom is -0.479 e. The third kappa shape index (κ3) is 3.11. The summed E-state index contributed by atoms with van der Waals surface area (Å²) >= 11 is 0. The topological polar surface area (TPSA) is 54.3 Å². The van der Waals surface area contributed by atoms with Crippen molar-refractivity contribution >= 4 is 5.69 Å². The van der Waals surface area contributed by atoms with E-state index in [1.807, 2.05) is 30.3 Å². The zero-order chi connectivity index (χ0) is 12.1. The number of nitriles is 1. The average Bonchev–Trinajstić information content (AvgIpc) is 2.74. The summed E-state index contributed by atoms with van der Waals surface area (Å²) < 4.78 is 10.7. The Balaban J connectivity index is 1.91. The van der Waals surface area contributed by atoms with Gasteiger partial charge in [-0.25, -0.2) is 0 Å². The Bertz CT molecular complexity index is 397. The third-order valence-electron chi connectivity index (χ3n) is 2.89. The lowest BCUT2D eigenvalue weighted by Crippen LogP contribution is -2.26. The van der Waals surface area contributed by atoms with Crippen LogP contribution in [0.4, 0.5) is 5.69 Å². The molecular formula is C13H16N2O2. The predicted octanol–water partition coefficient (Wildman–Crippen LogP) is 2.18. The fourth-order valence-corrected chi connectivity index (χ4v) is 1.90. The first-order valence-corrected chi connectivity index (χ1v) is 5.77. The van der Waals surface area contributed by atoms with Crippen LogP contribution in [0, 0.1) is 11.3 Å². The molecule has 0 spiro atoms. The van der Waals surface area contributed by atoms with Crippen LogP contribution in [0.3, 0.4) is 0 Å². The summed E-state index contributed by atoms with van der Waals surface area (Å²) in [5, 5.41) is 11.8. The Kier molecular flexibility index (Phi) is 3.84. The summed E-state index contributed by atoms with van der Waals surface area (Å²) in [6, 6.07) is 9.95. The van der Waals surface area contributed by atoms with E-state index in [1.165, 1.54) is 0 Å². The number of nitrogens with zero attached hydrogens (tertiary/aromatic N) is 1. The van der Waals surface area contributed by atoms with Crippen LogP contribution in [-0.2, 0) is 4.74 Å². The summed E-state index contributed by atoms with van der Waals surface area (Å²) in [6.07, 6.45) is 1.29. The maximum atomic E-state index is 8.40. The molecule has 1 heterocycles. The minimum absolute atomic E-state index is 0.0836. The molecule has 90 valence electrons. The van der Waals surface area contributed by atoms with Crippen LogP contribution in [0.1, 0.15) is 13.3 Å². The van der Waals surface area contributed by atoms with Crippen molar-refractivity contribution < 1.29 is 9.47 Å². The molecule has 0 amide bonds. The summed E-state index contributed by atoms with van der Waals surface area (Å²) in [4.78, 5) is 0. The van der Waals surface area contributed by atoms with E-state index in [9.17, 15) is 0 Å². The van der Waals surface area contributed by atoms with Gasteiger partial charge in [-0.3, -0.25) is 0 Å². The first-order valence-electron chi connectivity index (χ1n) is 5.77. The van der Waals surface area contributed by atoms with Gasteiger partial charge in [0.25, 0.3) is 0 Å². The Morgan fingerprint density at radius 2 is 2.24 bits per heavy atom. The zero-order valence-corrected chi connectivity index (χ0v) is 9.85. The molecule has 2 rings (SSSR count). The molecule has 1 N–H and O–H groups in total. The fraction of sp³-hybridized carbons (Fsp3) is 0.462. The van der Waals surface area contributed by atoms with Crippen LogP contribution in [0.2, 0.25) is 0 Å². The normalized spacial score (nSPS) is 23.1. The molecule has 0 aromatic heterocycles. The molecule has 4 heteroatoms. The molecular weight excluding hydrogens is 216 g/mol. The fourth-order valence-electron chi connectivity index (χ4n) is 1.90. The van der Waals surface area contributed by atoms with Crippen molar-refractivity contribution in [2.45, 2.75) is 25.5 Å². The molecule has 0 saturated carbocycles. The summed E-state index contributed by atoms with van der Waals surface area (Å²) in [5.41, 5.74) is 1.05. The second kappa shape index (κ2) is 5.55. The van der Waals surface area contributed by atoms with Crippen LogP contribution < -0.4 is 10.1 Å². The molecule has 17 heavy (non-hydrogen) atoms. The van der Waals surface area contributed by atoms with E-state index in [-0.39, 0.29) is 12.7 Å². The monoisotopic (exact) mass is 232 g/mol. The summed E-state index contributed by atoms with van der Waals surface area (Å²) in [7, 11) is 0. The minimum atomic E-state index is 0.0836. The van der Waals surface area contributed by atoms with Crippen molar-refractivity contribution in [1.82, 2.24) is 0 Å². The molecule has 0 bridgehead atoms. The Morgan fingerprint density at radius 1 is 1.47 bits per heavy atom. The van der Waals surface area contributed by atoms with E-state index in [4.69, 9.17) is 14.7 Å². The average molecular weight is 232 g/mol. The first kappa shape index (κ1) is 11.7. The quantitative estimate of drug-likeness (QED) is 0.864. The molecule has 2 atom stereocenters. The van der Waals surface area contributed by atoms with Gasteiger partial charge in [0.1, 0.15) is 11.8 Å². The maximum Gasteiger partial charge on any atom is 0.174 e. The van der Waals surface area contributed by atoms with Gasteiger partial charge in [-0.2, -0.15) is 5.26 Å². The second-order valence-corrected chi connectivity index (χ2v) is 4.09. The number of nitrogens with one attached hydrogen (secondary N) is 1. The maximum absolute atomic E-state index is 8.40. The van der Waals surface area contributed by atoms with Gasteiger partial charge in [0.15, 0.2) is 6.61 Å². The number of ether oxygens (including phenoxy) is 2. The van der Waals surface area contributed by atoms with Gasteiger partial charge in [0.2, 0.25) is 0 Å². The molecule has 2 unspecified atom stereocenters. The lowest BCUT2D eigenvalue weighted by atomic mass is 10.1. The number of hydrogen-bond acceptors (Lipinski definition) is 4. The Labute approximate surface area is 101 Å². The summed E-state index contributed by atoms with van der Waals surface area (Å²) in [5.74, 6) is 0.716. The highest BCUT2D eigenvalue weighted by atomic mass is 16.5. The molecule has 4 nitrogen and oxygen atoms in total. The number of benzene rings is 1. The van der Waals surface area contributed by atoms with Gasteiger partial charge >= 0.3 is 0 Å². The van der Waals surface area contributed by atoms with Crippen molar-refractivity contribution in [1.29, 1.82) is 5.26 Å². The zero-order valence-electron chi connectivity index (χ0n) is 9.85. The number of rotatable bonds is 4. The highest BCUT2D eigenvalue weighted by Gasteiger charge is 2.23. The Hall–Kier alpha value is -1.73. The second-order valence-electron chi connectivity index (χ2n) is 4.09. The van der Waals surface area contributed by atoms with E-state index < -0.39 is 0 Å². The van der Waals surface area contributed by atoms with Crippen molar-refractivity contribution in [3.63, 3.8) is 0 Å². The largest absolute Gasteiger partial charge is 0.479 e. The highest BCUT2D eigenvalue weighted by molar-refractivity contribution is 5.47. The Morgan fingerprint density at radius 3 is 2.82 bits per heavy atom. The van der Waals surface area contributed by atoms with Crippen molar-refractivity contribution in [2.24, 2.45) is 0 Å². The molecule has 0 aliphatic carbocycles. The van der Waals surface area contributed by atoms with Crippen LogP contribution in [0.25, 0.3) is 0 Å². The van der Waals surface area contributed by atoms with Gasteiger partial charge in [-0.15, -0.1) is 0 Å². The van der Waals surface area contributed by atoms with Crippen molar-refractivity contribution in [2.75, 3.05) is 18.5 Å². The van der Waals surface area contributed by atoms with E-state index in [0.29, 0.717) is 11.8 Å². The van der Waals surface area contributed by atoms with Crippen LogP contribution in [0.15, 0.2) is 24.3 Å². The first-order chi connectivity index (χ1) is 8.29. The standard InChI is InChI=1S/C13H16N2O2/c1-10-13(6-8-16-10)15-11-2-4-12(5-3-11)17-9-7-14/h2-5,10,13,15H,6,8-9H2,1H3. The van der Waals surface area contributed by atoms with E-state index in [1.54, 1.807) is 0 Å². The van der Waals surface area contributed by atoms with Gasteiger partial charge in [0, 0.05) is 12.3 Å². The van der Waals surface area contributed by atoms with Gasteiger partial charge in [0.05, 0.1) is 12.1 Å². The molecule has 0 radical (unpaired) electrons. The molecule has 1 aliphatic heterocycles. The number of anilines is 1. The predicted molar refractivity (Wildman–Crippen MR) is 65.0 cm³/mol. The molecule has 1 saturated heterocycles. The SMILES string of the molecule is CC1OCCC1Nc1ccc(OCC#N)cc1. The molecule has 1 aliphatic rings. The van der Waals surface area contributed by atoms with Crippen LogP contribution in [0.5, 0.6) is 5.75 Å². The number of hydrogen-bond donors (Lipinski definition) is 1. The molecule has 1 fully saturated rings. The van der Waals surface area contributed by atoms with Gasteiger partial charge < -0.3 is 14.8 Å². The van der Waals surface area contributed by atoms with Crippen LogP contribution in [-0.4, -0.2) is 25.4 Å².